The number of nitrogens with two attached hydrogens (primary N) is 1. The van der Waals surface area contributed by atoms with Gasteiger partial charge in [0.15, 0.2) is 0 Å². The Bertz CT molecular complexity index is 1000. The average Bonchev–Trinajstić information content (AvgIpc) is 3.14. The average molecular weight is 426 g/mol. The summed E-state index contributed by atoms with van der Waals surface area (Å²) in [6, 6.07) is 6.79. The van der Waals surface area contributed by atoms with Gasteiger partial charge in [0.05, 0.1) is 5.69 Å². The molecule has 1 amide bonds. The number of rotatable bonds is 6. The summed E-state index contributed by atoms with van der Waals surface area (Å²) in [5.74, 6) is -1.38. The van der Waals surface area contributed by atoms with Crippen LogP contribution in [0.25, 0.3) is 0 Å². The Hall–Kier alpha value is -2.60. The summed E-state index contributed by atoms with van der Waals surface area (Å²) in [6.07, 6.45) is 4.65. The topological polar surface area (TPSA) is 97.4 Å². The van der Waals surface area contributed by atoms with Crippen molar-refractivity contribution >= 4 is 17.6 Å². The second-order valence-corrected chi connectivity index (χ2v) is 10.1. The van der Waals surface area contributed by atoms with Crippen LogP contribution in [0, 0.1) is 0 Å². The van der Waals surface area contributed by atoms with E-state index in [0.717, 1.165) is 24.8 Å². The lowest BCUT2D eigenvalue weighted by Gasteiger charge is -2.42. The Morgan fingerprint density at radius 3 is 2.32 bits per heavy atom. The lowest BCUT2D eigenvalue weighted by molar-refractivity contribution is -0.117. The molecule has 2 aromatic rings. The molecular weight excluding hydrogens is 390 g/mol. The van der Waals surface area contributed by atoms with E-state index in [4.69, 9.17) is 5.73 Å². The first kappa shape index (κ1) is 23.1. The largest absolute Gasteiger partial charge is 0.477 e. The van der Waals surface area contributed by atoms with Gasteiger partial charge in [-0.1, -0.05) is 52.8 Å². The van der Waals surface area contributed by atoms with E-state index in [-0.39, 0.29) is 28.5 Å². The predicted octanol–water partition coefficient (Wildman–Crippen LogP) is 5.14. The fourth-order valence-electron chi connectivity index (χ4n) is 4.45. The van der Waals surface area contributed by atoms with E-state index < -0.39 is 12.0 Å². The molecular formula is C25H35N3O3. The number of benzene rings is 1. The molecule has 6 heteroatoms. The molecule has 1 aromatic carbocycles. The first-order chi connectivity index (χ1) is 14.4. The Morgan fingerprint density at radius 2 is 1.74 bits per heavy atom. The molecule has 0 spiro atoms. The molecule has 1 aliphatic carbocycles. The molecule has 4 N–H and O–H groups in total. The third-order valence-corrected chi connectivity index (χ3v) is 6.92. The highest BCUT2D eigenvalue weighted by Crippen LogP contribution is 2.46. The minimum absolute atomic E-state index is 0.0108. The molecule has 31 heavy (non-hydrogen) atoms. The van der Waals surface area contributed by atoms with Gasteiger partial charge in [0.2, 0.25) is 5.91 Å². The fraction of sp³-hybridized carbons (Fsp3) is 0.520. The zero-order chi connectivity index (χ0) is 23.1. The Kier molecular flexibility index (Phi) is 6.07. The number of carboxylic acids is 1. The Balaban J connectivity index is 1.87. The molecule has 2 atom stereocenters. The van der Waals surface area contributed by atoms with Crippen molar-refractivity contribution in [1.29, 1.82) is 0 Å². The summed E-state index contributed by atoms with van der Waals surface area (Å²) < 4.78 is 1.67. The quantitative estimate of drug-likeness (QED) is 0.596. The van der Waals surface area contributed by atoms with Gasteiger partial charge in [0.1, 0.15) is 11.7 Å². The number of hydrogen-bond donors (Lipinski definition) is 3. The smallest absolute Gasteiger partial charge is 0.352 e. The standard InChI is InChI=1S/C25H35N3O3/c1-7-15(2)28-14-17(13-20(28)23(30)31)27-22(29)21(26)16-8-9-18-19(12-16)25(5,6)11-10-24(18,3)4/h8-9,12-15,21H,7,10-11,26H2,1-6H3,(H,27,29)(H,30,31). The van der Waals surface area contributed by atoms with Gasteiger partial charge in [-0.3, -0.25) is 4.79 Å². The van der Waals surface area contributed by atoms with E-state index in [1.54, 1.807) is 10.8 Å². The zero-order valence-electron chi connectivity index (χ0n) is 19.5. The van der Waals surface area contributed by atoms with Crippen molar-refractivity contribution in [3.05, 3.63) is 52.8 Å². The maximum atomic E-state index is 12.9. The van der Waals surface area contributed by atoms with E-state index in [1.807, 2.05) is 19.9 Å². The third-order valence-electron chi connectivity index (χ3n) is 6.92. The van der Waals surface area contributed by atoms with E-state index >= 15 is 0 Å². The lowest BCUT2D eigenvalue weighted by atomic mass is 9.63. The van der Waals surface area contributed by atoms with Gasteiger partial charge in [-0.15, -0.1) is 0 Å². The minimum Gasteiger partial charge on any atom is -0.477 e. The Labute approximate surface area is 184 Å². The number of hydrogen-bond acceptors (Lipinski definition) is 3. The molecule has 0 aliphatic heterocycles. The van der Waals surface area contributed by atoms with Gasteiger partial charge in [-0.25, -0.2) is 4.79 Å². The van der Waals surface area contributed by atoms with Crippen molar-refractivity contribution in [1.82, 2.24) is 4.57 Å². The zero-order valence-corrected chi connectivity index (χ0v) is 19.5. The van der Waals surface area contributed by atoms with E-state index in [9.17, 15) is 14.7 Å². The molecule has 0 saturated heterocycles. The summed E-state index contributed by atoms with van der Waals surface area (Å²) in [5, 5.41) is 12.3. The van der Waals surface area contributed by atoms with Crippen LogP contribution in [0.3, 0.4) is 0 Å². The monoisotopic (exact) mass is 425 g/mol. The molecule has 168 valence electrons. The molecule has 0 fully saturated rings. The van der Waals surface area contributed by atoms with Crippen molar-refractivity contribution in [2.75, 3.05) is 5.32 Å². The number of carbonyl (C=O) groups is 2. The minimum atomic E-state index is -1.02. The molecule has 0 saturated carbocycles. The number of carbonyl (C=O) groups excluding carboxylic acids is 1. The van der Waals surface area contributed by atoms with Crippen LogP contribution in [0.15, 0.2) is 30.5 Å². The van der Waals surface area contributed by atoms with Gasteiger partial charge in [-0.2, -0.15) is 0 Å². The number of carboxylic acid groups (broad SMARTS) is 1. The van der Waals surface area contributed by atoms with Crippen molar-refractivity contribution in [3.63, 3.8) is 0 Å². The second-order valence-electron chi connectivity index (χ2n) is 10.1. The Morgan fingerprint density at radius 1 is 1.13 bits per heavy atom. The molecule has 1 heterocycles. The lowest BCUT2D eigenvalue weighted by Crippen LogP contribution is -2.35. The number of aromatic carboxylic acids is 1. The molecule has 3 rings (SSSR count). The SMILES string of the molecule is CCC(C)n1cc(NC(=O)C(N)c2ccc3c(c2)C(C)(C)CCC3(C)C)cc1C(=O)O. The number of aromatic nitrogens is 1. The summed E-state index contributed by atoms with van der Waals surface area (Å²) in [7, 11) is 0. The maximum absolute atomic E-state index is 12.9. The molecule has 1 aromatic heterocycles. The third kappa shape index (κ3) is 4.40. The van der Waals surface area contributed by atoms with Gasteiger partial charge in [-0.05, 0) is 59.8 Å². The number of nitrogens with zero attached hydrogens (tertiary/aromatic N) is 1. The number of nitrogens with one attached hydrogen (secondary N) is 1. The van der Waals surface area contributed by atoms with Crippen molar-refractivity contribution in [3.8, 4) is 0 Å². The van der Waals surface area contributed by atoms with Crippen LogP contribution in [0.5, 0.6) is 0 Å². The second kappa shape index (κ2) is 8.15. The summed E-state index contributed by atoms with van der Waals surface area (Å²) >= 11 is 0. The molecule has 0 bridgehead atoms. The molecule has 6 nitrogen and oxygen atoms in total. The van der Waals surface area contributed by atoms with Crippen molar-refractivity contribution in [2.24, 2.45) is 5.73 Å². The first-order valence-corrected chi connectivity index (χ1v) is 11.0. The summed E-state index contributed by atoms with van der Waals surface area (Å²) in [4.78, 5) is 24.5. The van der Waals surface area contributed by atoms with Crippen LogP contribution in [0.1, 0.15) is 100 Å². The highest BCUT2D eigenvalue weighted by molar-refractivity contribution is 5.97. The number of anilines is 1. The molecule has 2 unspecified atom stereocenters. The van der Waals surface area contributed by atoms with Crippen LogP contribution >= 0.6 is 0 Å². The van der Waals surface area contributed by atoms with E-state index in [0.29, 0.717) is 5.69 Å². The van der Waals surface area contributed by atoms with Crippen molar-refractivity contribution in [2.45, 2.75) is 83.7 Å². The highest BCUT2D eigenvalue weighted by Gasteiger charge is 2.37. The van der Waals surface area contributed by atoms with Crippen LogP contribution in [-0.4, -0.2) is 21.6 Å². The predicted molar refractivity (Wildman–Crippen MR) is 124 cm³/mol. The van der Waals surface area contributed by atoms with Crippen LogP contribution < -0.4 is 11.1 Å². The van der Waals surface area contributed by atoms with Gasteiger partial charge in [0, 0.05) is 12.2 Å². The van der Waals surface area contributed by atoms with Gasteiger partial charge in [0.25, 0.3) is 0 Å². The summed E-state index contributed by atoms with van der Waals surface area (Å²) in [6.45, 7) is 12.9. The van der Waals surface area contributed by atoms with E-state index in [1.165, 1.54) is 17.2 Å². The fourth-order valence-corrected chi connectivity index (χ4v) is 4.45. The van der Waals surface area contributed by atoms with E-state index in [2.05, 4.69) is 45.1 Å². The van der Waals surface area contributed by atoms with Crippen LogP contribution in [0.4, 0.5) is 5.69 Å². The van der Waals surface area contributed by atoms with Gasteiger partial charge < -0.3 is 20.7 Å². The highest BCUT2D eigenvalue weighted by atomic mass is 16.4. The van der Waals surface area contributed by atoms with Crippen LogP contribution in [0.2, 0.25) is 0 Å². The molecule has 1 aliphatic rings. The molecule has 0 radical (unpaired) electrons. The first-order valence-electron chi connectivity index (χ1n) is 11.0. The number of amides is 1. The maximum Gasteiger partial charge on any atom is 0.352 e. The van der Waals surface area contributed by atoms with Crippen molar-refractivity contribution < 1.29 is 14.7 Å². The summed E-state index contributed by atoms with van der Waals surface area (Å²) in [5.41, 5.74) is 10.4. The number of fused-ring (bicyclic) bond motifs is 1. The normalized spacial score (nSPS) is 18.7. The van der Waals surface area contributed by atoms with Crippen LogP contribution in [-0.2, 0) is 15.6 Å². The van der Waals surface area contributed by atoms with Gasteiger partial charge >= 0.3 is 5.97 Å².